The molecule has 0 saturated carbocycles. The number of nitrogens with one attached hydrogen (secondary N) is 1. The van der Waals surface area contributed by atoms with Crippen LogP contribution >= 0.6 is 23.4 Å². The first-order valence-corrected chi connectivity index (χ1v) is 10.8. The molecule has 3 rings (SSSR count). The summed E-state index contributed by atoms with van der Waals surface area (Å²) in [5, 5.41) is 3.30. The van der Waals surface area contributed by atoms with Gasteiger partial charge in [0.2, 0.25) is 5.91 Å². The number of benzene rings is 2. The maximum atomic E-state index is 13.7. The highest BCUT2D eigenvalue weighted by atomic mass is 35.5. The number of piperidine rings is 1. The Morgan fingerprint density at radius 1 is 1.11 bits per heavy atom. The monoisotopic (exact) mass is 406 g/mol. The van der Waals surface area contributed by atoms with Gasteiger partial charge in [0.25, 0.3) is 0 Å². The second-order valence-electron chi connectivity index (χ2n) is 6.72. The Bertz CT molecular complexity index is 763. The van der Waals surface area contributed by atoms with Crippen molar-refractivity contribution in [3.05, 3.63) is 64.4 Å². The molecular weight excluding hydrogens is 383 g/mol. The molecule has 1 saturated heterocycles. The summed E-state index contributed by atoms with van der Waals surface area (Å²) in [7, 11) is 0. The topological polar surface area (TPSA) is 32.3 Å². The number of hydrogen-bond acceptors (Lipinski definition) is 3. The van der Waals surface area contributed by atoms with Gasteiger partial charge in [0, 0.05) is 36.1 Å². The zero-order valence-corrected chi connectivity index (χ0v) is 16.8. The van der Waals surface area contributed by atoms with Crippen molar-refractivity contribution in [1.29, 1.82) is 0 Å². The Labute approximate surface area is 169 Å². The first-order valence-electron chi connectivity index (χ1n) is 9.24. The van der Waals surface area contributed by atoms with Gasteiger partial charge in [0.1, 0.15) is 5.82 Å². The SMILES string of the molecule is O=C(CSCc1ccc(Cl)cc1F)NCc1ccc(N2CCCCC2)cc1. The lowest BCUT2D eigenvalue weighted by Gasteiger charge is -2.28. The first-order chi connectivity index (χ1) is 13.1. The number of halogens is 2. The van der Waals surface area contributed by atoms with E-state index < -0.39 is 0 Å². The van der Waals surface area contributed by atoms with Gasteiger partial charge in [-0.2, -0.15) is 0 Å². The van der Waals surface area contributed by atoms with Gasteiger partial charge < -0.3 is 10.2 Å². The number of rotatable bonds is 7. The van der Waals surface area contributed by atoms with E-state index >= 15 is 0 Å². The minimum atomic E-state index is -0.329. The average molecular weight is 407 g/mol. The van der Waals surface area contributed by atoms with Crippen LogP contribution in [-0.2, 0) is 17.1 Å². The van der Waals surface area contributed by atoms with E-state index in [0.29, 0.717) is 28.6 Å². The minimum absolute atomic E-state index is 0.0468. The number of carbonyl (C=O) groups excluding carboxylic acids is 1. The minimum Gasteiger partial charge on any atom is -0.372 e. The van der Waals surface area contributed by atoms with Crippen LogP contribution in [0.15, 0.2) is 42.5 Å². The zero-order chi connectivity index (χ0) is 19.1. The second kappa shape index (κ2) is 10.00. The van der Waals surface area contributed by atoms with Crippen LogP contribution in [0.3, 0.4) is 0 Å². The highest BCUT2D eigenvalue weighted by Crippen LogP contribution is 2.21. The first kappa shape index (κ1) is 20.0. The summed E-state index contributed by atoms with van der Waals surface area (Å²) in [6, 6.07) is 13.0. The molecule has 0 unspecified atom stereocenters. The number of nitrogens with zero attached hydrogens (tertiary/aromatic N) is 1. The summed E-state index contributed by atoms with van der Waals surface area (Å²) in [4.78, 5) is 14.4. The van der Waals surface area contributed by atoms with E-state index in [1.807, 2.05) is 0 Å². The fourth-order valence-electron chi connectivity index (χ4n) is 3.12. The second-order valence-corrected chi connectivity index (χ2v) is 8.14. The lowest BCUT2D eigenvalue weighted by atomic mass is 10.1. The van der Waals surface area contributed by atoms with Crippen molar-refractivity contribution in [3.8, 4) is 0 Å². The normalized spacial score (nSPS) is 14.2. The van der Waals surface area contributed by atoms with E-state index in [1.165, 1.54) is 42.8 Å². The fraction of sp³-hybridized carbons (Fsp3) is 0.381. The van der Waals surface area contributed by atoms with Crippen LogP contribution in [0.1, 0.15) is 30.4 Å². The zero-order valence-electron chi connectivity index (χ0n) is 15.2. The maximum absolute atomic E-state index is 13.7. The molecule has 0 atom stereocenters. The number of hydrogen-bond donors (Lipinski definition) is 1. The van der Waals surface area contributed by atoms with E-state index in [1.54, 1.807) is 12.1 Å². The van der Waals surface area contributed by atoms with E-state index in [4.69, 9.17) is 11.6 Å². The smallest absolute Gasteiger partial charge is 0.230 e. The van der Waals surface area contributed by atoms with Crippen molar-refractivity contribution in [2.24, 2.45) is 0 Å². The largest absolute Gasteiger partial charge is 0.372 e. The van der Waals surface area contributed by atoms with Gasteiger partial charge in [-0.1, -0.05) is 29.8 Å². The van der Waals surface area contributed by atoms with Gasteiger partial charge >= 0.3 is 0 Å². The lowest BCUT2D eigenvalue weighted by Crippen LogP contribution is -2.29. The molecule has 3 nitrogen and oxygen atoms in total. The molecule has 2 aromatic rings. The third-order valence-corrected chi connectivity index (χ3v) is 5.87. The Kier molecular flexibility index (Phi) is 7.41. The predicted octanol–water partition coefficient (Wildman–Crippen LogP) is 5.02. The third-order valence-electron chi connectivity index (χ3n) is 4.65. The van der Waals surface area contributed by atoms with Crippen molar-refractivity contribution in [2.75, 3.05) is 23.7 Å². The maximum Gasteiger partial charge on any atom is 0.230 e. The summed E-state index contributed by atoms with van der Waals surface area (Å²) in [5.41, 5.74) is 2.90. The molecule has 1 aliphatic rings. The molecule has 0 bridgehead atoms. The molecule has 2 aromatic carbocycles. The van der Waals surface area contributed by atoms with Crippen molar-refractivity contribution >= 4 is 35.0 Å². The van der Waals surface area contributed by atoms with Crippen LogP contribution in [0, 0.1) is 5.82 Å². The van der Waals surface area contributed by atoms with Crippen molar-refractivity contribution < 1.29 is 9.18 Å². The highest BCUT2D eigenvalue weighted by Gasteiger charge is 2.11. The fourth-order valence-corrected chi connectivity index (χ4v) is 4.12. The van der Waals surface area contributed by atoms with Crippen LogP contribution < -0.4 is 10.2 Å². The predicted molar refractivity (Wildman–Crippen MR) is 112 cm³/mol. The third kappa shape index (κ3) is 6.15. The molecule has 1 N–H and O–H groups in total. The summed E-state index contributed by atoms with van der Waals surface area (Å²) < 4.78 is 13.7. The van der Waals surface area contributed by atoms with Gasteiger partial charge in [-0.25, -0.2) is 4.39 Å². The molecule has 27 heavy (non-hydrogen) atoms. The Hall–Kier alpha value is -1.72. The van der Waals surface area contributed by atoms with Gasteiger partial charge in [0.05, 0.1) is 5.75 Å². The highest BCUT2D eigenvalue weighted by molar-refractivity contribution is 7.99. The number of amides is 1. The van der Waals surface area contributed by atoms with Gasteiger partial charge in [-0.05, 0) is 54.7 Å². The van der Waals surface area contributed by atoms with Crippen molar-refractivity contribution in [3.63, 3.8) is 0 Å². The molecule has 6 heteroatoms. The van der Waals surface area contributed by atoms with Gasteiger partial charge in [-0.3, -0.25) is 4.79 Å². The van der Waals surface area contributed by atoms with E-state index in [9.17, 15) is 9.18 Å². The van der Waals surface area contributed by atoms with Crippen molar-refractivity contribution in [1.82, 2.24) is 5.32 Å². The van der Waals surface area contributed by atoms with E-state index in [0.717, 1.165) is 18.7 Å². The quantitative estimate of drug-likeness (QED) is 0.700. The number of anilines is 1. The van der Waals surface area contributed by atoms with E-state index in [2.05, 4.69) is 34.5 Å². The van der Waals surface area contributed by atoms with Crippen LogP contribution in [0.4, 0.5) is 10.1 Å². The molecular formula is C21H24ClFN2OS. The van der Waals surface area contributed by atoms with Crippen LogP contribution in [0.2, 0.25) is 5.02 Å². The molecule has 1 aliphatic heterocycles. The van der Waals surface area contributed by atoms with Gasteiger partial charge in [0.15, 0.2) is 0 Å². The molecule has 1 fully saturated rings. The van der Waals surface area contributed by atoms with Crippen LogP contribution in [0.5, 0.6) is 0 Å². The van der Waals surface area contributed by atoms with Crippen LogP contribution in [0.25, 0.3) is 0 Å². The summed E-state index contributed by atoms with van der Waals surface area (Å²) >= 11 is 7.13. The summed E-state index contributed by atoms with van der Waals surface area (Å²) in [5.74, 6) is 0.369. The number of carbonyl (C=O) groups is 1. The average Bonchev–Trinajstić information content (AvgIpc) is 2.69. The summed E-state index contributed by atoms with van der Waals surface area (Å²) in [6.45, 7) is 2.76. The van der Waals surface area contributed by atoms with Gasteiger partial charge in [-0.15, -0.1) is 11.8 Å². The molecule has 0 spiro atoms. The van der Waals surface area contributed by atoms with Crippen molar-refractivity contribution in [2.45, 2.75) is 31.6 Å². The Balaban J connectivity index is 1.39. The Morgan fingerprint density at radius 3 is 2.56 bits per heavy atom. The molecule has 144 valence electrons. The summed E-state index contributed by atoms with van der Waals surface area (Å²) in [6.07, 6.45) is 3.84. The molecule has 0 aliphatic carbocycles. The molecule has 1 heterocycles. The van der Waals surface area contributed by atoms with Crippen LogP contribution in [-0.4, -0.2) is 24.7 Å². The molecule has 1 amide bonds. The Morgan fingerprint density at radius 2 is 1.85 bits per heavy atom. The van der Waals surface area contributed by atoms with E-state index in [-0.39, 0.29) is 11.7 Å². The molecule has 0 radical (unpaired) electrons. The number of thioether (sulfide) groups is 1. The molecule has 0 aromatic heterocycles. The lowest BCUT2D eigenvalue weighted by molar-refractivity contribution is -0.118. The standard InChI is InChI=1S/C21H24ClFN2OS/c22-18-7-6-17(20(23)12-18)14-27-15-21(26)24-13-16-4-8-19(9-5-16)25-10-2-1-3-11-25/h4-9,12H,1-3,10-11,13-15H2,(H,24,26).